The minimum absolute atomic E-state index is 0.0264. The lowest BCUT2D eigenvalue weighted by molar-refractivity contribution is -0.576. The molecule has 34 heavy (non-hydrogen) atoms. The third-order valence-corrected chi connectivity index (χ3v) is 8.15. The predicted molar refractivity (Wildman–Crippen MR) is 117 cm³/mol. The molecular formula is C24H37NO9. The van der Waals surface area contributed by atoms with Gasteiger partial charge in [-0.3, -0.25) is 9.59 Å². The van der Waals surface area contributed by atoms with Crippen LogP contribution in [-0.2, 0) is 38.4 Å². The van der Waals surface area contributed by atoms with Crippen molar-refractivity contribution in [1.82, 2.24) is 5.32 Å². The van der Waals surface area contributed by atoms with Crippen molar-refractivity contribution in [1.29, 1.82) is 0 Å². The van der Waals surface area contributed by atoms with Crippen LogP contribution < -0.4 is 5.32 Å². The Labute approximate surface area is 199 Å². The number of carbonyl (C=O) groups excluding carboxylic acids is 2. The van der Waals surface area contributed by atoms with Crippen LogP contribution >= 0.6 is 0 Å². The predicted octanol–water partition coefficient (Wildman–Crippen LogP) is 2.74. The van der Waals surface area contributed by atoms with Crippen LogP contribution in [0.4, 0.5) is 0 Å². The maximum atomic E-state index is 12.6. The van der Waals surface area contributed by atoms with Crippen LogP contribution in [0, 0.1) is 29.6 Å². The van der Waals surface area contributed by atoms with E-state index in [1.54, 1.807) is 13.8 Å². The number of hydrogen-bond acceptors (Lipinski definition) is 8. The van der Waals surface area contributed by atoms with Gasteiger partial charge in [-0.05, 0) is 43.9 Å². The highest BCUT2D eigenvalue weighted by Gasteiger charge is 2.69. The highest BCUT2D eigenvalue weighted by atomic mass is 17.3. The van der Waals surface area contributed by atoms with Gasteiger partial charge in [0.2, 0.25) is 18.0 Å². The van der Waals surface area contributed by atoms with Gasteiger partial charge in [0.05, 0.1) is 6.42 Å². The van der Waals surface area contributed by atoms with Crippen molar-refractivity contribution < 1.29 is 43.5 Å². The van der Waals surface area contributed by atoms with E-state index < -0.39 is 47.9 Å². The number of rotatable bonds is 7. The van der Waals surface area contributed by atoms with Gasteiger partial charge in [0.1, 0.15) is 6.04 Å². The molecule has 0 aromatic carbocycles. The zero-order valence-corrected chi connectivity index (χ0v) is 20.6. The third-order valence-electron chi connectivity index (χ3n) is 8.15. The van der Waals surface area contributed by atoms with Gasteiger partial charge in [0.15, 0.2) is 11.9 Å². The van der Waals surface area contributed by atoms with E-state index in [0.717, 1.165) is 19.3 Å². The number of esters is 1. The van der Waals surface area contributed by atoms with Crippen molar-refractivity contribution in [3.05, 3.63) is 0 Å². The summed E-state index contributed by atoms with van der Waals surface area (Å²) in [5.74, 6) is -2.88. The minimum atomic E-state index is -1.11. The number of aliphatic carboxylic acids is 1. The van der Waals surface area contributed by atoms with Crippen molar-refractivity contribution in [3.8, 4) is 0 Å². The van der Waals surface area contributed by atoms with Crippen molar-refractivity contribution >= 4 is 17.8 Å². The summed E-state index contributed by atoms with van der Waals surface area (Å²) in [5, 5.41) is 11.7. The molecule has 1 spiro atoms. The van der Waals surface area contributed by atoms with Gasteiger partial charge in [-0.15, -0.1) is 0 Å². The summed E-state index contributed by atoms with van der Waals surface area (Å²) in [6, 6.07) is -1.01. The molecule has 2 bridgehead atoms. The van der Waals surface area contributed by atoms with E-state index in [9.17, 15) is 19.5 Å². The molecule has 9 atom stereocenters. The molecule has 0 aromatic heterocycles. The quantitative estimate of drug-likeness (QED) is 0.415. The normalized spacial score (nSPS) is 41.8. The molecule has 10 heteroatoms. The SMILES string of the molecule is CC(C)[C@H](NC(=O)CCC(=O)O[C@@H]1O[C@@H]2O[C@]3(C)CC[C@H]4[C@H](C)CC[C@@H]([C@H]1C)[C@@]24OO3)C(=O)O. The topological polar surface area (TPSA) is 130 Å². The fourth-order valence-corrected chi connectivity index (χ4v) is 6.17. The van der Waals surface area contributed by atoms with Gasteiger partial charge >= 0.3 is 11.9 Å². The van der Waals surface area contributed by atoms with E-state index in [4.69, 9.17) is 24.0 Å². The smallest absolute Gasteiger partial charge is 0.326 e. The first kappa shape index (κ1) is 25.3. The van der Waals surface area contributed by atoms with E-state index in [-0.39, 0.29) is 36.5 Å². The lowest BCUT2D eigenvalue weighted by Crippen LogP contribution is -2.70. The first-order chi connectivity index (χ1) is 16.0. The van der Waals surface area contributed by atoms with Gasteiger partial charge in [0, 0.05) is 24.7 Å². The molecule has 10 nitrogen and oxygen atoms in total. The molecule has 4 heterocycles. The zero-order chi connectivity index (χ0) is 24.8. The van der Waals surface area contributed by atoms with Crippen molar-refractivity contribution in [2.24, 2.45) is 29.6 Å². The highest BCUT2D eigenvalue weighted by Crippen LogP contribution is 2.60. The molecule has 5 rings (SSSR count). The van der Waals surface area contributed by atoms with E-state index in [0.29, 0.717) is 12.3 Å². The molecule has 4 aliphatic heterocycles. The van der Waals surface area contributed by atoms with Crippen LogP contribution in [0.15, 0.2) is 0 Å². The Morgan fingerprint density at radius 1 is 1.09 bits per heavy atom. The maximum Gasteiger partial charge on any atom is 0.326 e. The summed E-state index contributed by atoms with van der Waals surface area (Å²) in [7, 11) is 0. The Hall–Kier alpha value is -1.75. The van der Waals surface area contributed by atoms with Crippen LogP contribution in [-0.4, -0.2) is 53.0 Å². The monoisotopic (exact) mass is 483 g/mol. The van der Waals surface area contributed by atoms with E-state index in [1.807, 2.05) is 13.8 Å². The Morgan fingerprint density at radius 3 is 2.50 bits per heavy atom. The number of hydrogen-bond donors (Lipinski definition) is 2. The molecule has 2 N–H and O–H groups in total. The number of ether oxygens (including phenoxy) is 3. The Balaban J connectivity index is 1.40. The van der Waals surface area contributed by atoms with Crippen LogP contribution in [0.1, 0.15) is 73.1 Å². The fourth-order valence-electron chi connectivity index (χ4n) is 6.17. The van der Waals surface area contributed by atoms with Gasteiger partial charge in [-0.2, -0.15) is 0 Å². The maximum absolute atomic E-state index is 12.6. The lowest BCUT2D eigenvalue weighted by atomic mass is 9.58. The summed E-state index contributed by atoms with van der Waals surface area (Å²) < 4.78 is 18.1. The number of nitrogens with one attached hydrogen (secondary N) is 1. The Kier molecular flexibility index (Phi) is 6.98. The molecule has 0 unspecified atom stereocenters. The van der Waals surface area contributed by atoms with E-state index in [1.165, 1.54) is 0 Å². The van der Waals surface area contributed by atoms with Crippen LogP contribution in [0.25, 0.3) is 0 Å². The summed E-state index contributed by atoms with van der Waals surface area (Å²) in [6.45, 7) is 9.45. The van der Waals surface area contributed by atoms with Crippen molar-refractivity contribution in [2.75, 3.05) is 0 Å². The second-order valence-corrected chi connectivity index (χ2v) is 10.9. The first-order valence-electron chi connectivity index (χ1n) is 12.4. The molecular weight excluding hydrogens is 446 g/mol. The number of amides is 1. The van der Waals surface area contributed by atoms with Crippen molar-refractivity contribution in [3.63, 3.8) is 0 Å². The van der Waals surface area contributed by atoms with Gasteiger partial charge in [-0.25, -0.2) is 14.6 Å². The molecule has 0 aromatic rings. The third kappa shape index (κ3) is 4.45. The number of carboxylic acids is 1. The highest BCUT2D eigenvalue weighted by molar-refractivity contribution is 5.85. The Bertz CT molecular complexity index is 818. The Morgan fingerprint density at radius 2 is 1.82 bits per heavy atom. The van der Waals surface area contributed by atoms with Gasteiger partial charge in [-0.1, -0.05) is 27.7 Å². The van der Waals surface area contributed by atoms with E-state index >= 15 is 0 Å². The molecule has 4 saturated heterocycles. The van der Waals surface area contributed by atoms with Gasteiger partial charge in [0.25, 0.3) is 0 Å². The summed E-state index contributed by atoms with van der Waals surface area (Å²) in [4.78, 5) is 47.9. The number of fused-ring (bicyclic) bond motifs is 2. The van der Waals surface area contributed by atoms with E-state index in [2.05, 4.69) is 12.2 Å². The van der Waals surface area contributed by atoms with Gasteiger partial charge < -0.3 is 24.6 Å². The fraction of sp³-hybridized carbons (Fsp3) is 0.875. The average molecular weight is 484 g/mol. The molecule has 0 radical (unpaired) electrons. The molecule has 1 aliphatic carbocycles. The number of carbonyl (C=O) groups is 3. The molecule has 1 saturated carbocycles. The second kappa shape index (κ2) is 9.37. The molecule has 5 fully saturated rings. The molecule has 192 valence electrons. The summed E-state index contributed by atoms with van der Waals surface area (Å²) >= 11 is 0. The summed E-state index contributed by atoms with van der Waals surface area (Å²) in [6.07, 6.45) is 1.62. The van der Waals surface area contributed by atoms with Crippen LogP contribution in [0.3, 0.4) is 0 Å². The van der Waals surface area contributed by atoms with Crippen LogP contribution in [0.5, 0.6) is 0 Å². The minimum Gasteiger partial charge on any atom is -0.480 e. The molecule has 1 amide bonds. The first-order valence-corrected chi connectivity index (χ1v) is 12.4. The lowest BCUT2D eigenvalue weighted by Gasteiger charge is -2.59. The molecule has 5 aliphatic rings. The summed E-state index contributed by atoms with van der Waals surface area (Å²) in [5.41, 5.74) is -0.738. The number of carboxylic acid groups (broad SMARTS) is 1. The standard InChI is InChI=1S/C24H37NO9/c1-12(2)19(20(28)29)25-17(26)8-9-18(27)30-21-14(4)16-7-6-13(3)15-10-11-23(5)32-22(31-21)24(15,16)34-33-23/h12-16,19,21-22H,6-11H2,1-5H3,(H,25,26)(H,28,29)/t13-,14-,15+,16+,19+,21-,22-,23+,24-/m1/s1. The van der Waals surface area contributed by atoms with Crippen molar-refractivity contribution in [2.45, 2.75) is 103 Å². The zero-order valence-electron chi connectivity index (χ0n) is 20.6. The second-order valence-electron chi connectivity index (χ2n) is 10.9. The largest absolute Gasteiger partial charge is 0.480 e. The average Bonchev–Trinajstić information content (AvgIpc) is 2.99. The van der Waals surface area contributed by atoms with Crippen LogP contribution in [0.2, 0.25) is 0 Å².